The maximum atomic E-state index is 6.07. The summed E-state index contributed by atoms with van der Waals surface area (Å²) in [7, 11) is 0. The molecule has 0 N–H and O–H groups in total. The molecule has 0 spiro atoms. The standard InChI is InChI=1S/C17H32O2/c1-16(2,3)18-8-9-19-17(4,5)12-15-11-13-6-7-14(15)10-13/h13-15H,6-12H2,1-5H3. The highest BCUT2D eigenvalue weighted by molar-refractivity contribution is 4.92. The number of rotatable bonds is 6. The molecule has 2 nitrogen and oxygen atoms in total. The molecular weight excluding hydrogens is 236 g/mol. The maximum Gasteiger partial charge on any atom is 0.0708 e. The third kappa shape index (κ3) is 4.75. The average Bonchev–Trinajstić information content (AvgIpc) is 2.84. The Morgan fingerprint density at radius 1 is 0.895 bits per heavy atom. The van der Waals surface area contributed by atoms with Crippen LogP contribution in [0.2, 0.25) is 0 Å². The van der Waals surface area contributed by atoms with Crippen LogP contribution in [0.3, 0.4) is 0 Å². The zero-order valence-electron chi connectivity index (χ0n) is 13.5. The molecule has 3 atom stereocenters. The van der Waals surface area contributed by atoms with Gasteiger partial charge >= 0.3 is 0 Å². The second kappa shape index (κ2) is 5.73. The van der Waals surface area contributed by atoms with E-state index in [0.717, 1.165) is 17.8 Å². The van der Waals surface area contributed by atoms with Gasteiger partial charge in [0.2, 0.25) is 0 Å². The zero-order chi connectivity index (χ0) is 14.1. The lowest BCUT2D eigenvalue weighted by Gasteiger charge is -2.32. The second-order valence-electron chi connectivity index (χ2n) is 8.21. The summed E-state index contributed by atoms with van der Waals surface area (Å²) in [4.78, 5) is 0. The minimum absolute atomic E-state index is 0.0103. The molecule has 3 unspecified atom stereocenters. The van der Waals surface area contributed by atoms with E-state index < -0.39 is 0 Å². The van der Waals surface area contributed by atoms with Crippen LogP contribution in [-0.4, -0.2) is 24.4 Å². The molecule has 0 radical (unpaired) electrons. The molecule has 0 aromatic carbocycles. The van der Waals surface area contributed by atoms with E-state index in [4.69, 9.17) is 9.47 Å². The van der Waals surface area contributed by atoms with Gasteiger partial charge in [0.05, 0.1) is 24.4 Å². The number of hydrogen-bond donors (Lipinski definition) is 0. The summed E-state index contributed by atoms with van der Waals surface area (Å²) in [6, 6.07) is 0. The third-order valence-electron chi connectivity index (χ3n) is 4.75. The van der Waals surface area contributed by atoms with Crippen LogP contribution in [0.1, 0.15) is 66.7 Å². The highest BCUT2D eigenvalue weighted by Crippen LogP contribution is 2.51. The van der Waals surface area contributed by atoms with E-state index in [9.17, 15) is 0 Å². The van der Waals surface area contributed by atoms with Crippen LogP contribution in [0.15, 0.2) is 0 Å². The molecule has 0 amide bonds. The number of hydrogen-bond acceptors (Lipinski definition) is 2. The van der Waals surface area contributed by atoms with Crippen LogP contribution in [0.4, 0.5) is 0 Å². The SMILES string of the molecule is CC(C)(C)OCCOC(C)(C)CC1CC2CCC1C2. The van der Waals surface area contributed by atoms with Gasteiger partial charge in [-0.1, -0.05) is 6.42 Å². The predicted molar refractivity (Wildman–Crippen MR) is 79.3 cm³/mol. The molecular formula is C17H32O2. The number of fused-ring (bicyclic) bond motifs is 2. The van der Waals surface area contributed by atoms with Gasteiger partial charge in [-0.15, -0.1) is 0 Å². The van der Waals surface area contributed by atoms with Crippen molar-refractivity contribution in [3.63, 3.8) is 0 Å². The Hall–Kier alpha value is -0.0800. The van der Waals surface area contributed by atoms with Gasteiger partial charge < -0.3 is 9.47 Å². The molecule has 2 aliphatic rings. The quantitative estimate of drug-likeness (QED) is 0.664. The normalized spacial score (nSPS) is 31.1. The summed E-state index contributed by atoms with van der Waals surface area (Å²) in [5, 5.41) is 0. The molecule has 19 heavy (non-hydrogen) atoms. The van der Waals surface area contributed by atoms with Crippen molar-refractivity contribution in [2.45, 2.75) is 77.9 Å². The first kappa shape index (κ1) is 15.3. The first-order valence-electron chi connectivity index (χ1n) is 8.03. The molecule has 0 aromatic rings. The molecule has 2 bridgehead atoms. The number of ether oxygens (including phenoxy) is 2. The fraction of sp³-hybridized carbons (Fsp3) is 1.00. The summed E-state index contributed by atoms with van der Waals surface area (Å²) in [5.41, 5.74) is -0.0471. The van der Waals surface area contributed by atoms with Crippen molar-refractivity contribution >= 4 is 0 Å². The minimum Gasteiger partial charge on any atom is -0.373 e. The lowest BCUT2D eigenvalue weighted by Crippen LogP contribution is -2.32. The van der Waals surface area contributed by atoms with Crippen LogP contribution in [-0.2, 0) is 9.47 Å². The molecule has 2 saturated carbocycles. The van der Waals surface area contributed by atoms with Crippen molar-refractivity contribution in [3.05, 3.63) is 0 Å². The van der Waals surface area contributed by atoms with Crippen LogP contribution in [0.5, 0.6) is 0 Å². The van der Waals surface area contributed by atoms with Crippen LogP contribution in [0, 0.1) is 17.8 Å². The highest BCUT2D eigenvalue weighted by atomic mass is 16.5. The molecule has 0 aromatic heterocycles. The Labute approximate surface area is 119 Å². The van der Waals surface area contributed by atoms with Crippen LogP contribution in [0.25, 0.3) is 0 Å². The summed E-state index contributed by atoms with van der Waals surface area (Å²) in [5.74, 6) is 2.95. The van der Waals surface area contributed by atoms with Gasteiger partial charge in [0.1, 0.15) is 0 Å². The van der Waals surface area contributed by atoms with Crippen LogP contribution >= 0.6 is 0 Å². The van der Waals surface area contributed by atoms with Crippen molar-refractivity contribution in [1.82, 2.24) is 0 Å². The molecule has 2 rings (SSSR count). The second-order valence-corrected chi connectivity index (χ2v) is 8.21. The van der Waals surface area contributed by atoms with Gasteiger partial charge in [0.25, 0.3) is 0 Å². The molecule has 2 aliphatic carbocycles. The summed E-state index contributed by atoms with van der Waals surface area (Å²) in [6.07, 6.45) is 7.13. The van der Waals surface area contributed by atoms with E-state index in [-0.39, 0.29) is 11.2 Å². The Morgan fingerprint density at radius 2 is 1.58 bits per heavy atom. The minimum atomic E-state index is -0.0574. The van der Waals surface area contributed by atoms with Gasteiger partial charge in [0.15, 0.2) is 0 Å². The summed E-state index contributed by atoms with van der Waals surface area (Å²) in [6.45, 7) is 12.2. The third-order valence-corrected chi connectivity index (χ3v) is 4.75. The lowest BCUT2D eigenvalue weighted by molar-refractivity contribution is -0.0877. The van der Waals surface area contributed by atoms with Crippen molar-refractivity contribution in [2.75, 3.05) is 13.2 Å². The highest BCUT2D eigenvalue weighted by Gasteiger charge is 2.41. The molecule has 2 fully saturated rings. The maximum absolute atomic E-state index is 6.07. The van der Waals surface area contributed by atoms with Crippen molar-refractivity contribution in [3.8, 4) is 0 Å². The van der Waals surface area contributed by atoms with Crippen LogP contribution < -0.4 is 0 Å². The predicted octanol–water partition coefficient (Wildman–Crippen LogP) is 4.42. The first-order chi connectivity index (χ1) is 8.75. The van der Waals surface area contributed by atoms with Gasteiger partial charge in [-0.2, -0.15) is 0 Å². The Balaban J connectivity index is 1.67. The molecule has 0 saturated heterocycles. The first-order valence-corrected chi connectivity index (χ1v) is 8.03. The van der Waals surface area contributed by atoms with E-state index in [1.54, 1.807) is 0 Å². The average molecular weight is 268 g/mol. The van der Waals surface area contributed by atoms with E-state index in [2.05, 4.69) is 34.6 Å². The van der Waals surface area contributed by atoms with Crippen molar-refractivity contribution in [2.24, 2.45) is 17.8 Å². The van der Waals surface area contributed by atoms with Crippen molar-refractivity contribution < 1.29 is 9.47 Å². The van der Waals surface area contributed by atoms with Gasteiger partial charge in [0, 0.05) is 0 Å². The Morgan fingerprint density at radius 3 is 2.11 bits per heavy atom. The lowest BCUT2D eigenvalue weighted by atomic mass is 9.81. The molecule has 0 aliphatic heterocycles. The molecule has 2 heteroatoms. The molecule has 112 valence electrons. The fourth-order valence-corrected chi connectivity index (χ4v) is 3.98. The van der Waals surface area contributed by atoms with E-state index >= 15 is 0 Å². The smallest absolute Gasteiger partial charge is 0.0708 e. The Bertz CT molecular complexity index is 290. The summed E-state index contributed by atoms with van der Waals surface area (Å²) >= 11 is 0. The zero-order valence-corrected chi connectivity index (χ0v) is 13.5. The topological polar surface area (TPSA) is 18.5 Å². The van der Waals surface area contributed by atoms with E-state index in [1.807, 2.05) is 0 Å². The van der Waals surface area contributed by atoms with Gasteiger partial charge in [-0.25, -0.2) is 0 Å². The molecule has 0 heterocycles. The largest absolute Gasteiger partial charge is 0.373 e. The van der Waals surface area contributed by atoms with E-state index in [1.165, 1.54) is 32.1 Å². The van der Waals surface area contributed by atoms with Gasteiger partial charge in [-0.05, 0) is 78.1 Å². The van der Waals surface area contributed by atoms with Gasteiger partial charge in [-0.3, -0.25) is 0 Å². The van der Waals surface area contributed by atoms with E-state index in [0.29, 0.717) is 13.2 Å². The van der Waals surface area contributed by atoms with Crippen molar-refractivity contribution in [1.29, 1.82) is 0 Å². The Kier molecular flexibility index (Phi) is 4.62. The summed E-state index contributed by atoms with van der Waals surface area (Å²) < 4.78 is 11.8. The monoisotopic (exact) mass is 268 g/mol. The fourth-order valence-electron chi connectivity index (χ4n) is 3.98.